The third-order valence-corrected chi connectivity index (χ3v) is 3.38. The van der Waals surface area contributed by atoms with Crippen LogP contribution < -0.4 is 5.73 Å². The van der Waals surface area contributed by atoms with E-state index in [0.717, 1.165) is 16.6 Å². The molecule has 1 fully saturated rings. The van der Waals surface area contributed by atoms with E-state index < -0.39 is 0 Å². The van der Waals surface area contributed by atoms with Crippen molar-refractivity contribution in [1.29, 1.82) is 0 Å². The molecule has 1 heterocycles. The van der Waals surface area contributed by atoms with Gasteiger partial charge in [0.2, 0.25) is 5.91 Å². The molecule has 1 amide bonds. The molecule has 0 bridgehead atoms. The first-order valence-corrected chi connectivity index (χ1v) is 6.20. The van der Waals surface area contributed by atoms with E-state index in [-0.39, 0.29) is 18.3 Å². The summed E-state index contributed by atoms with van der Waals surface area (Å²) in [5.41, 5.74) is 6.74. The number of nitrogens with two attached hydrogens (primary N) is 1. The lowest BCUT2D eigenvalue weighted by Crippen LogP contribution is -2.25. The Morgan fingerprint density at radius 1 is 1.47 bits per heavy atom. The third-order valence-electron chi connectivity index (χ3n) is 2.89. The van der Waals surface area contributed by atoms with E-state index in [0.29, 0.717) is 25.4 Å². The molecule has 0 aromatic heterocycles. The van der Waals surface area contributed by atoms with Crippen molar-refractivity contribution in [2.75, 3.05) is 13.1 Å². The van der Waals surface area contributed by atoms with Crippen molar-refractivity contribution in [3.63, 3.8) is 0 Å². The Bertz CT molecular complexity index is 400. The summed E-state index contributed by atoms with van der Waals surface area (Å²) >= 11 is 3.43. The van der Waals surface area contributed by atoms with Gasteiger partial charge in [0.15, 0.2) is 0 Å². The van der Waals surface area contributed by atoms with E-state index in [9.17, 15) is 4.79 Å². The summed E-state index contributed by atoms with van der Waals surface area (Å²) in [6, 6.07) is 8.05. The Morgan fingerprint density at radius 2 is 2.24 bits per heavy atom. The topological polar surface area (TPSA) is 46.3 Å². The summed E-state index contributed by atoms with van der Waals surface area (Å²) in [4.78, 5) is 13.6. The molecule has 17 heavy (non-hydrogen) atoms. The van der Waals surface area contributed by atoms with Crippen molar-refractivity contribution >= 4 is 34.2 Å². The number of benzene rings is 1. The lowest BCUT2D eigenvalue weighted by molar-refractivity contribution is -0.128. The first kappa shape index (κ1) is 14.5. The van der Waals surface area contributed by atoms with Crippen molar-refractivity contribution in [3.05, 3.63) is 34.3 Å². The number of rotatable bonds is 3. The molecular formula is C12H16BrClN2O. The highest BCUT2D eigenvalue weighted by molar-refractivity contribution is 9.10. The molecule has 2 N–H and O–H groups in total. The Kier molecular flexibility index (Phi) is 5.43. The standard InChI is InChI=1S/C12H15BrN2O.ClH/c13-11-3-1-2-9(4-11)7-15-8-10(6-14)5-12(15)16;/h1-4,10H,5-8,14H2;1H. The number of nitrogens with zero attached hydrogens (tertiary/aromatic N) is 1. The van der Waals surface area contributed by atoms with Gasteiger partial charge in [-0.1, -0.05) is 28.1 Å². The lowest BCUT2D eigenvalue weighted by Gasteiger charge is -2.16. The van der Waals surface area contributed by atoms with Crippen LogP contribution in [-0.2, 0) is 11.3 Å². The SMILES string of the molecule is Cl.NCC1CC(=O)N(Cc2cccc(Br)c2)C1. The summed E-state index contributed by atoms with van der Waals surface area (Å²) in [6.45, 7) is 2.08. The quantitative estimate of drug-likeness (QED) is 0.928. The predicted molar refractivity (Wildman–Crippen MR) is 74.0 cm³/mol. The molecule has 1 aromatic rings. The minimum Gasteiger partial charge on any atom is -0.338 e. The second-order valence-corrected chi connectivity index (χ2v) is 5.13. The minimum atomic E-state index is 0. The molecule has 0 aliphatic carbocycles. The molecule has 0 saturated carbocycles. The van der Waals surface area contributed by atoms with Gasteiger partial charge in [-0.25, -0.2) is 0 Å². The first-order valence-electron chi connectivity index (χ1n) is 5.41. The summed E-state index contributed by atoms with van der Waals surface area (Å²) in [7, 11) is 0. The van der Waals surface area contributed by atoms with Crippen LogP contribution in [0.15, 0.2) is 28.7 Å². The number of hydrogen-bond donors (Lipinski definition) is 1. The smallest absolute Gasteiger partial charge is 0.223 e. The molecule has 1 aliphatic heterocycles. The van der Waals surface area contributed by atoms with Crippen LogP contribution in [0.3, 0.4) is 0 Å². The number of carbonyl (C=O) groups is 1. The Balaban J connectivity index is 0.00000144. The highest BCUT2D eigenvalue weighted by Gasteiger charge is 2.28. The summed E-state index contributed by atoms with van der Waals surface area (Å²) in [6.07, 6.45) is 0.602. The molecule has 5 heteroatoms. The second-order valence-electron chi connectivity index (χ2n) is 4.21. The van der Waals surface area contributed by atoms with Crippen LogP contribution in [0.1, 0.15) is 12.0 Å². The molecule has 2 rings (SSSR count). The zero-order valence-electron chi connectivity index (χ0n) is 9.43. The van der Waals surface area contributed by atoms with Gasteiger partial charge >= 0.3 is 0 Å². The van der Waals surface area contributed by atoms with Gasteiger partial charge in [0.1, 0.15) is 0 Å². The van der Waals surface area contributed by atoms with E-state index in [1.54, 1.807) is 0 Å². The zero-order valence-corrected chi connectivity index (χ0v) is 11.8. The first-order chi connectivity index (χ1) is 7.69. The number of likely N-dealkylation sites (tertiary alicyclic amines) is 1. The maximum absolute atomic E-state index is 11.7. The van der Waals surface area contributed by atoms with Crippen LogP contribution in [0.4, 0.5) is 0 Å². The lowest BCUT2D eigenvalue weighted by atomic mass is 10.1. The van der Waals surface area contributed by atoms with E-state index in [2.05, 4.69) is 15.9 Å². The Morgan fingerprint density at radius 3 is 2.82 bits per heavy atom. The third kappa shape index (κ3) is 3.69. The minimum absolute atomic E-state index is 0. The summed E-state index contributed by atoms with van der Waals surface area (Å²) in [5, 5.41) is 0. The molecule has 3 nitrogen and oxygen atoms in total. The largest absolute Gasteiger partial charge is 0.338 e. The molecular weight excluding hydrogens is 304 g/mol. The normalized spacial score (nSPS) is 19.3. The van der Waals surface area contributed by atoms with Gasteiger partial charge in [0, 0.05) is 24.0 Å². The van der Waals surface area contributed by atoms with E-state index in [4.69, 9.17) is 5.73 Å². The van der Waals surface area contributed by atoms with Gasteiger partial charge in [-0.15, -0.1) is 12.4 Å². The zero-order chi connectivity index (χ0) is 11.5. The van der Waals surface area contributed by atoms with Gasteiger partial charge < -0.3 is 10.6 Å². The van der Waals surface area contributed by atoms with Crippen LogP contribution in [-0.4, -0.2) is 23.9 Å². The molecule has 1 saturated heterocycles. The van der Waals surface area contributed by atoms with Gasteiger partial charge in [0.05, 0.1) is 0 Å². The van der Waals surface area contributed by atoms with Crippen molar-refractivity contribution in [3.8, 4) is 0 Å². The maximum atomic E-state index is 11.7. The van der Waals surface area contributed by atoms with Gasteiger partial charge in [-0.3, -0.25) is 4.79 Å². The van der Waals surface area contributed by atoms with Gasteiger partial charge in [-0.2, -0.15) is 0 Å². The number of carbonyl (C=O) groups excluding carboxylic acids is 1. The van der Waals surface area contributed by atoms with Crippen LogP contribution >= 0.6 is 28.3 Å². The van der Waals surface area contributed by atoms with Gasteiger partial charge in [-0.05, 0) is 30.2 Å². The Hall–Kier alpha value is -0.580. The highest BCUT2D eigenvalue weighted by atomic mass is 79.9. The average Bonchev–Trinajstić information content (AvgIpc) is 2.60. The summed E-state index contributed by atoms with van der Waals surface area (Å²) in [5.74, 6) is 0.551. The van der Waals surface area contributed by atoms with Crippen molar-refractivity contribution in [2.45, 2.75) is 13.0 Å². The van der Waals surface area contributed by atoms with Crippen molar-refractivity contribution in [1.82, 2.24) is 4.90 Å². The van der Waals surface area contributed by atoms with E-state index >= 15 is 0 Å². The molecule has 1 aliphatic rings. The number of amides is 1. The predicted octanol–water partition coefficient (Wildman–Crippen LogP) is 2.18. The van der Waals surface area contributed by atoms with E-state index in [1.165, 1.54) is 0 Å². The fraction of sp³-hybridized carbons (Fsp3) is 0.417. The number of halogens is 2. The Labute approximate surface area is 116 Å². The van der Waals surface area contributed by atoms with Crippen LogP contribution in [0.25, 0.3) is 0 Å². The van der Waals surface area contributed by atoms with Crippen molar-refractivity contribution in [2.24, 2.45) is 11.7 Å². The maximum Gasteiger partial charge on any atom is 0.223 e. The molecule has 94 valence electrons. The van der Waals surface area contributed by atoms with Crippen LogP contribution in [0.5, 0.6) is 0 Å². The molecule has 1 unspecified atom stereocenters. The van der Waals surface area contributed by atoms with E-state index in [1.807, 2.05) is 29.2 Å². The monoisotopic (exact) mass is 318 g/mol. The average molecular weight is 320 g/mol. The van der Waals surface area contributed by atoms with Crippen molar-refractivity contribution < 1.29 is 4.79 Å². The fourth-order valence-electron chi connectivity index (χ4n) is 2.02. The van der Waals surface area contributed by atoms with Gasteiger partial charge in [0.25, 0.3) is 0 Å². The highest BCUT2D eigenvalue weighted by Crippen LogP contribution is 2.20. The fourth-order valence-corrected chi connectivity index (χ4v) is 2.47. The molecule has 0 radical (unpaired) electrons. The number of hydrogen-bond acceptors (Lipinski definition) is 2. The summed E-state index contributed by atoms with van der Waals surface area (Å²) < 4.78 is 1.05. The molecule has 0 spiro atoms. The van der Waals surface area contributed by atoms with Crippen LogP contribution in [0.2, 0.25) is 0 Å². The molecule has 1 atom stereocenters. The van der Waals surface area contributed by atoms with Crippen LogP contribution in [0, 0.1) is 5.92 Å². The second kappa shape index (κ2) is 6.38. The molecule has 1 aromatic carbocycles.